The molecule has 1 aliphatic rings. The van der Waals surface area contributed by atoms with Crippen molar-refractivity contribution >= 4 is 23.5 Å². The van der Waals surface area contributed by atoms with Crippen LogP contribution in [0.25, 0.3) is 0 Å². The Kier molecular flexibility index (Phi) is 5.17. The molecule has 0 spiro atoms. The zero-order valence-electron chi connectivity index (χ0n) is 16.9. The first-order chi connectivity index (χ1) is 13.5. The number of benzene rings is 2. The summed E-state index contributed by atoms with van der Waals surface area (Å²) < 4.78 is 13.0. The molecule has 0 bridgehead atoms. The van der Waals surface area contributed by atoms with Gasteiger partial charge in [0.1, 0.15) is 17.9 Å². The monoisotopic (exact) mass is 397 g/mol. The van der Waals surface area contributed by atoms with Gasteiger partial charge in [-0.05, 0) is 47.7 Å². The molecule has 0 unspecified atom stereocenters. The molecule has 4 amide bonds. The van der Waals surface area contributed by atoms with E-state index in [2.05, 4.69) is 31.4 Å². The number of nitrogens with zero attached hydrogens (tertiary/aromatic N) is 1. The Morgan fingerprint density at radius 1 is 1.07 bits per heavy atom. The van der Waals surface area contributed by atoms with Crippen molar-refractivity contribution in [1.82, 2.24) is 10.2 Å². The lowest BCUT2D eigenvalue weighted by Crippen LogP contribution is -2.42. The summed E-state index contributed by atoms with van der Waals surface area (Å²) in [6.07, 6.45) is 0. The van der Waals surface area contributed by atoms with Gasteiger partial charge in [0, 0.05) is 5.69 Å². The molecular formula is C22H24FN3O3. The molecule has 29 heavy (non-hydrogen) atoms. The summed E-state index contributed by atoms with van der Waals surface area (Å²) in [5, 5.41) is 5.24. The van der Waals surface area contributed by atoms with Crippen LogP contribution in [0, 0.1) is 5.82 Å². The fraction of sp³-hybridized carbons (Fsp3) is 0.318. The van der Waals surface area contributed by atoms with Gasteiger partial charge in [-0.3, -0.25) is 14.5 Å². The zero-order valence-corrected chi connectivity index (χ0v) is 16.9. The summed E-state index contributed by atoms with van der Waals surface area (Å²) >= 11 is 0. The molecule has 1 atom stereocenters. The lowest BCUT2D eigenvalue weighted by molar-refractivity contribution is -0.133. The Hall–Kier alpha value is -3.22. The van der Waals surface area contributed by atoms with Gasteiger partial charge in [-0.15, -0.1) is 0 Å². The third-order valence-electron chi connectivity index (χ3n) is 5.03. The van der Waals surface area contributed by atoms with Crippen molar-refractivity contribution in [3.8, 4) is 0 Å². The first-order valence-corrected chi connectivity index (χ1v) is 9.31. The van der Waals surface area contributed by atoms with Gasteiger partial charge in [0.15, 0.2) is 0 Å². The number of carbonyl (C=O) groups excluding carboxylic acids is 3. The predicted molar refractivity (Wildman–Crippen MR) is 108 cm³/mol. The molecule has 6 nitrogen and oxygen atoms in total. The van der Waals surface area contributed by atoms with E-state index in [4.69, 9.17) is 0 Å². The van der Waals surface area contributed by atoms with E-state index in [1.54, 1.807) is 6.92 Å². The van der Waals surface area contributed by atoms with Crippen molar-refractivity contribution in [2.24, 2.45) is 0 Å². The van der Waals surface area contributed by atoms with Gasteiger partial charge in [0.05, 0.1) is 0 Å². The normalized spacial score (nSPS) is 19.3. The number of carbonyl (C=O) groups is 3. The number of imide groups is 1. The standard InChI is InChI=1S/C22H24FN3O3/c1-21(2,3)14-5-7-15(8-6-14)22(4)19(28)26(20(29)25-22)13-18(27)24-17-11-9-16(23)10-12-17/h5-12H,13H2,1-4H3,(H,24,27)(H,25,29)/t22-/m0/s1. The van der Waals surface area contributed by atoms with Crippen molar-refractivity contribution in [2.45, 2.75) is 38.6 Å². The number of rotatable bonds is 4. The van der Waals surface area contributed by atoms with E-state index in [1.807, 2.05) is 24.3 Å². The van der Waals surface area contributed by atoms with E-state index in [-0.39, 0.29) is 5.41 Å². The van der Waals surface area contributed by atoms with Crippen molar-refractivity contribution in [1.29, 1.82) is 0 Å². The molecule has 1 heterocycles. The minimum absolute atomic E-state index is 0.0349. The van der Waals surface area contributed by atoms with Crippen LogP contribution in [-0.2, 0) is 20.5 Å². The summed E-state index contributed by atoms with van der Waals surface area (Å²) in [5.74, 6) is -1.47. The highest BCUT2D eigenvalue weighted by Gasteiger charge is 2.49. The smallest absolute Gasteiger partial charge is 0.325 e. The van der Waals surface area contributed by atoms with E-state index >= 15 is 0 Å². The van der Waals surface area contributed by atoms with Crippen LogP contribution in [0.3, 0.4) is 0 Å². The SMILES string of the molecule is CC(C)(C)c1ccc([C@]2(C)NC(=O)N(CC(=O)Nc3ccc(F)cc3)C2=O)cc1. The third-order valence-corrected chi connectivity index (χ3v) is 5.03. The first kappa shape index (κ1) is 20.5. The highest BCUT2D eigenvalue weighted by Crippen LogP contribution is 2.31. The van der Waals surface area contributed by atoms with E-state index < -0.39 is 35.7 Å². The Balaban J connectivity index is 1.74. The highest BCUT2D eigenvalue weighted by atomic mass is 19.1. The molecule has 0 aliphatic carbocycles. The Bertz CT molecular complexity index is 949. The largest absolute Gasteiger partial charge is 0.325 e. The number of hydrogen-bond donors (Lipinski definition) is 2. The molecule has 1 saturated heterocycles. The van der Waals surface area contributed by atoms with Gasteiger partial charge in [0.2, 0.25) is 5.91 Å². The van der Waals surface area contributed by atoms with Gasteiger partial charge < -0.3 is 10.6 Å². The topological polar surface area (TPSA) is 78.5 Å². The van der Waals surface area contributed by atoms with Crippen LogP contribution in [0.15, 0.2) is 48.5 Å². The molecule has 2 aromatic rings. The number of nitrogens with one attached hydrogen (secondary N) is 2. The van der Waals surface area contributed by atoms with Crippen LogP contribution in [0.4, 0.5) is 14.9 Å². The van der Waals surface area contributed by atoms with Crippen molar-refractivity contribution in [3.63, 3.8) is 0 Å². The van der Waals surface area contributed by atoms with Crippen molar-refractivity contribution in [2.75, 3.05) is 11.9 Å². The van der Waals surface area contributed by atoms with Crippen LogP contribution >= 0.6 is 0 Å². The predicted octanol–water partition coefficient (Wildman–Crippen LogP) is 3.53. The molecule has 3 rings (SSSR count). The number of anilines is 1. The maximum absolute atomic E-state index is 13.0. The van der Waals surface area contributed by atoms with Crippen LogP contribution < -0.4 is 10.6 Å². The molecule has 0 aromatic heterocycles. The summed E-state index contributed by atoms with van der Waals surface area (Å²) in [5.41, 5.74) is 0.850. The number of halogens is 1. The van der Waals surface area contributed by atoms with Gasteiger partial charge in [0.25, 0.3) is 5.91 Å². The maximum atomic E-state index is 13.0. The lowest BCUT2D eigenvalue weighted by atomic mass is 9.84. The second-order valence-corrected chi connectivity index (χ2v) is 8.33. The summed E-state index contributed by atoms with van der Waals surface area (Å²) in [4.78, 5) is 38.5. The fourth-order valence-corrected chi connectivity index (χ4v) is 3.22. The third kappa shape index (κ3) is 4.13. The Morgan fingerprint density at radius 3 is 2.21 bits per heavy atom. The van der Waals surface area contributed by atoms with Crippen LogP contribution in [-0.4, -0.2) is 29.3 Å². The summed E-state index contributed by atoms with van der Waals surface area (Å²) in [6.45, 7) is 7.46. The molecule has 1 aliphatic heterocycles. The van der Waals surface area contributed by atoms with Crippen LogP contribution in [0.5, 0.6) is 0 Å². The fourth-order valence-electron chi connectivity index (χ4n) is 3.22. The van der Waals surface area contributed by atoms with Gasteiger partial charge in [-0.25, -0.2) is 9.18 Å². The molecular weight excluding hydrogens is 373 g/mol. The van der Waals surface area contributed by atoms with E-state index in [0.717, 1.165) is 10.5 Å². The molecule has 1 fully saturated rings. The maximum Gasteiger partial charge on any atom is 0.325 e. The van der Waals surface area contributed by atoms with Crippen LogP contribution in [0.2, 0.25) is 0 Å². The van der Waals surface area contributed by atoms with Crippen molar-refractivity contribution < 1.29 is 18.8 Å². The molecule has 152 valence electrons. The number of urea groups is 1. The summed E-state index contributed by atoms with van der Waals surface area (Å²) in [6, 6.07) is 12.1. The Labute approximate surface area is 169 Å². The minimum Gasteiger partial charge on any atom is -0.325 e. The zero-order chi connectivity index (χ0) is 21.4. The van der Waals surface area contributed by atoms with E-state index in [9.17, 15) is 18.8 Å². The minimum atomic E-state index is -1.25. The van der Waals surface area contributed by atoms with Gasteiger partial charge >= 0.3 is 6.03 Å². The lowest BCUT2D eigenvalue weighted by Gasteiger charge is -2.24. The molecule has 7 heteroatoms. The molecule has 0 saturated carbocycles. The van der Waals surface area contributed by atoms with Crippen LogP contribution in [0.1, 0.15) is 38.8 Å². The quantitative estimate of drug-likeness (QED) is 0.775. The van der Waals surface area contributed by atoms with Crippen molar-refractivity contribution in [3.05, 3.63) is 65.5 Å². The molecule has 2 aromatic carbocycles. The highest BCUT2D eigenvalue weighted by molar-refractivity contribution is 6.10. The second-order valence-electron chi connectivity index (χ2n) is 8.33. The van der Waals surface area contributed by atoms with Gasteiger partial charge in [-0.2, -0.15) is 0 Å². The van der Waals surface area contributed by atoms with E-state index in [0.29, 0.717) is 11.3 Å². The first-order valence-electron chi connectivity index (χ1n) is 9.31. The molecule has 0 radical (unpaired) electrons. The Morgan fingerprint density at radius 2 is 1.66 bits per heavy atom. The second kappa shape index (κ2) is 7.31. The average molecular weight is 397 g/mol. The van der Waals surface area contributed by atoms with Gasteiger partial charge in [-0.1, -0.05) is 45.0 Å². The van der Waals surface area contributed by atoms with E-state index in [1.165, 1.54) is 24.3 Å². The summed E-state index contributed by atoms with van der Waals surface area (Å²) in [7, 11) is 0. The molecule has 2 N–H and O–H groups in total. The number of hydrogen-bond acceptors (Lipinski definition) is 3. The number of amides is 4. The average Bonchev–Trinajstić information content (AvgIpc) is 2.87.